The van der Waals surface area contributed by atoms with Crippen molar-refractivity contribution < 1.29 is 4.79 Å². The second kappa shape index (κ2) is 8.60. The first-order chi connectivity index (χ1) is 12.0. The van der Waals surface area contributed by atoms with E-state index in [0.717, 1.165) is 48.3 Å². The number of para-hydroxylation sites is 1. The maximum absolute atomic E-state index is 12.8. The van der Waals surface area contributed by atoms with Gasteiger partial charge in [0.25, 0.3) is 5.91 Å². The highest BCUT2D eigenvalue weighted by Crippen LogP contribution is 2.22. The molecule has 0 bridgehead atoms. The lowest BCUT2D eigenvalue weighted by Gasteiger charge is -2.18. The Labute approximate surface area is 150 Å². The third-order valence-electron chi connectivity index (χ3n) is 4.24. The normalized spacial score (nSPS) is 10.6. The fourth-order valence-electron chi connectivity index (χ4n) is 2.71. The molecule has 0 spiro atoms. The van der Waals surface area contributed by atoms with Crippen LogP contribution in [-0.4, -0.2) is 29.5 Å². The van der Waals surface area contributed by atoms with Crippen LogP contribution in [0.25, 0.3) is 0 Å². The number of carbonyl (C=O) groups excluding carboxylic acids is 1. The number of carbonyl (C=O) groups is 1. The van der Waals surface area contributed by atoms with Gasteiger partial charge in [0.05, 0.1) is 0 Å². The summed E-state index contributed by atoms with van der Waals surface area (Å²) in [5.41, 5.74) is 4.25. The van der Waals surface area contributed by atoms with Crippen molar-refractivity contribution in [3.63, 3.8) is 0 Å². The minimum Gasteiger partial charge on any atom is -0.344 e. The number of aromatic nitrogens is 2. The van der Waals surface area contributed by atoms with Crippen LogP contribution in [-0.2, 0) is 6.42 Å². The second-order valence-electron chi connectivity index (χ2n) is 6.39. The average molecular weight is 340 g/mol. The molecule has 1 aromatic carbocycles. The van der Waals surface area contributed by atoms with E-state index in [0.29, 0.717) is 11.6 Å². The molecule has 0 aliphatic carbocycles. The fourth-order valence-corrected chi connectivity index (χ4v) is 2.71. The number of anilines is 2. The van der Waals surface area contributed by atoms with E-state index in [4.69, 9.17) is 0 Å². The Kier molecular flexibility index (Phi) is 6.51. The van der Waals surface area contributed by atoms with Crippen molar-refractivity contribution in [1.29, 1.82) is 0 Å². The number of hydrogen-bond acceptors (Lipinski definition) is 4. The Morgan fingerprint density at radius 2 is 1.96 bits per heavy atom. The van der Waals surface area contributed by atoms with E-state index in [9.17, 15) is 4.79 Å². The van der Waals surface area contributed by atoms with Gasteiger partial charge in [0, 0.05) is 25.0 Å². The van der Waals surface area contributed by atoms with Crippen molar-refractivity contribution in [2.45, 2.75) is 47.0 Å². The quantitative estimate of drug-likeness (QED) is 0.823. The first-order valence-electron chi connectivity index (χ1n) is 8.92. The average Bonchev–Trinajstić information content (AvgIpc) is 2.60. The van der Waals surface area contributed by atoms with Crippen molar-refractivity contribution in [3.8, 4) is 0 Å². The molecule has 0 atom stereocenters. The van der Waals surface area contributed by atoms with Crippen molar-refractivity contribution in [2.75, 3.05) is 23.8 Å². The highest BCUT2D eigenvalue weighted by molar-refractivity contribution is 6.04. The number of benzene rings is 1. The van der Waals surface area contributed by atoms with Crippen LogP contribution >= 0.6 is 0 Å². The number of hydrogen-bond donors (Lipinski definition) is 1. The first-order valence-corrected chi connectivity index (χ1v) is 8.92. The van der Waals surface area contributed by atoms with Crippen molar-refractivity contribution >= 4 is 17.5 Å². The molecule has 2 aromatic rings. The van der Waals surface area contributed by atoms with Gasteiger partial charge in [-0.25, -0.2) is 9.97 Å². The summed E-state index contributed by atoms with van der Waals surface area (Å²) in [6.07, 6.45) is 3.04. The van der Waals surface area contributed by atoms with Crippen LogP contribution in [0.1, 0.15) is 54.0 Å². The molecule has 1 amide bonds. The highest BCUT2D eigenvalue weighted by Gasteiger charge is 2.15. The van der Waals surface area contributed by atoms with Gasteiger partial charge in [-0.05, 0) is 43.9 Å². The molecule has 0 fully saturated rings. The molecule has 1 N–H and O–H groups in total. The summed E-state index contributed by atoms with van der Waals surface area (Å²) in [5, 5.41) is 3.03. The van der Waals surface area contributed by atoms with E-state index in [1.165, 1.54) is 0 Å². The summed E-state index contributed by atoms with van der Waals surface area (Å²) in [5.74, 6) is 0.402. The molecule has 0 aliphatic heterocycles. The lowest BCUT2D eigenvalue weighted by molar-refractivity contribution is 0.102. The molecule has 5 nitrogen and oxygen atoms in total. The predicted octanol–water partition coefficient (Wildman–Crippen LogP) is 4.14. The van der Waals surface area contributed by atoms with Gasteiger partial charge in [-0.1, -0.05) is 38.5 Å². The lowest BCUT2D eigenvalue weighted by atomic mass is 10.1. The van der Waals surface area contributed by atoms with Crippen LogP contribution in [0.4, 0.5) is 11.6 Å². The Morgan fingerprint density at radius 3 is 2.64 bits per heavy atom. The van der Waals surface area contributed by atoms with Crippen molar-refractivity contribution in [1.82, 2.24) is 9.97 Å². The molecule has 1 heterocycles. The van der Waals surface area contributed by atoms with E-state index in [1.54, 1.807) is 6.07 Å². The van der Waals surface area contributed by atoms with Gasteiger partial charge in [0.2, 0.25) is 5.95 Å². The number of nitrogens with one attached hydrogen (secondary N) is 1. The van der Waals surface area contributed by atoms with E-state index in [-0.39, 0.29) is 5.91 Å². The predicted molar refractivity (Wildman–Crippen MR) is 103 cm³/mol. The largest absolute Gasteiger partial charge is 0.344 e. The SMILES string of the molecule is CCCCN(C)c1nc(C)cc(C(=O)Nc2c(C)cccc2CC)n1. The Morgan fingerprint density at radius 1 is 1.20 bits per heavy atom. The van der Waals surface area contributed by atoms with E-state index < -0.39 is 0 Å². The van der Waals surface area contributed by atoms with Gasteiger partial charge in [-0.2, -0.15) is 0 Å². The highest BCUT2D eigenvalue weighted by atomic mass is 16.1. The minimum atomic E-state index is -0.195. The first kappa shape index (κ1) is 18.9. The Bertz CT molecular complexity index is 742. The smallest absolute Gasteiger partial charge is 0.274 e. The summed E-state index contributed by atoms with van der Waals surface area (Å²) >= 11 is 0. The molecule has 0 aliphatic rings. The van der Waals surface area contributed by atoms with Crippen LogP contribution in [0.2, 0.25) is 0 Å². The van der Waals surface area contributed by atoms with Crippen molar-refractivity contribution in [3.05, 3.63) is 46.8 Å². The topological polar surface area (TPSA) is 58.1 Å². The van der Waals surface area contributed by atoms with Crippen LogP contribution in [0.15, 0.2) is 24.3 Å². The van der Waals surface area contributed by atoms with Gasteiger partial charge in [0.1, 0.15) is 5.69 Å². The number of aryl methyl sites for hydroxylation is 3. The molecular weight excluding hydrogens is 312 g/mol. The molecule has 0 saturated carbocycles. The molecule has 0 radical (unpaired) electrons. The number of nitrogens with zero attached hydrogens (tertiary/aromatic N) is 3. The number of amides is 1. The molecule has 1 aromatic heterocycles. The maximum atomic E-state index is 12.8. The van der Waals surface area contributed by atoms with Gasteiger partial charge >= 0.3 is 0 Å². The Hall–Kier alpha value is -2.43. The summed E-state index contributed by atoms with van der Waals surface area (Å²) < 4.78 is 0. The zero-order valence-electron chi connectivity index (χ0n) is 15.9. The van der Waals surface area contributed by atoms with Crippen molar-refractivity contribution in [2.24, 2.45) is 0 Å². The summed E-state index contributed by atoms with van der Waals surface area (Å²) in [6.45, 7) is 9.00. The monoisotopic (exact) mass is 340 g/mol. The van der Waals surface area contributed by atoms with E-state index >= 15 is 0 Å². The van der Waals surface area contributed by atoms with Crippen LogP contribution in [0, 0.1) is 13.8 Å². The number of rotatable bonds is 7. The maximum Gasteiger partial charge on any atom is 0.274 e. The van der Waals surface area contributed by atoms with Crippen LogP contribution in [0.5, 0.6) is 0 Å². The molecule has 2 rings (SSSR count). The molecule has 25 heavy (non-hydrogen) atoms. The van der Waals surface area contributed by atoms with E-state index in [2.05, 4.69) is 29.1 Å². The lowest BCUT2D eigenvalue weighted by Crippen LogP contribution is -2.23. The summed E-state index contributed by atoms with van der Waals surface area (Å²) in [7, 11) is 1.96. The van der Waals surface area contributed by atoms with Gasteiger partial charge in [-0.15, -0.1) is 0 Å². The number of unbranched alkanes of at least 4 members (excludes halogenated alkanes) is 1. The third-order valence-corrected chi connectivity index (χ3v) is 4.24. The fraction of sp³-hybridized carbons (Fsp3) is 0.450. The zero-order valence-corrected chi connectivity index (χ0v) is 15.9. The van der Waals surface area contributed by atoms with Gasteiger partial charge in [-0.3, -0.25) is 4.79 Å². The van der Waals surface area contributed by atoms with Crippen LogP contribution < -0.4 is 10.2 Å². The second-order valence-corrected chi connectivity index (χ2v) is 6.39. The zero-order chi connectivity index (χ0) is 18.4. The Balaban J connectivity index is 2.27. The standard InChI is InChI=1S/C20H28N4O/c1-6-8-12-24(5)20-21-15(4)13-17(22-20)19(25)23-18-14(3)10-9-11-16(18)7-2/h9-11,13H,6-8,12H2,1-5H3,(H,23,25). The third kappa shape index (κ3) is 4.78. The van der Waals surface area contributed by atoms with Gasteiger partial charge < -0.3 is 10.2 Å². The molecule has 0 saturated heterocycles. The summed E-state index contributed by atoms with van der Waals surface area (Å²) in [4.78, 5) is 23.7. The molecule has 0 unspecified atom stereocenters. The summed E-state index contributed by atoms with van der Waals surface area (Å²) in [6, 6.07) is 7.79. The molecule has 134 valence electrons. The van der Waals surface area contributed by atoms with Gasteiger partial charge in [0.15, 0.2) is 0 Å². The van der Waals surface area contributed by atoms with Crippen LogP contribution in [0.3, 0.4) is 0 Å². The minimum absolute atomic E-state index is 0.195. The molecular formula is C20H28N4O. The van der Waals surface area contributed by atoms with E-state index in [1.807, 2.05) is 44.0 Å². The molecule has 5 heteroatoms.